The first-order valence-electron chi connectivity index (χ1n) is 12.0. The maximum atomic E-state index is 5.63. The first-order valence-corrected chi connectivity index (χ1v) is 12.0. The van der Waals surface area contributed by atoms with Crippen molar-refractivity contribution in [2.45, 2.75) is 84.1 Å². The third-order valence-corrected chi connectivity index (χ3v) is 8.56. The first kappa shape index (κ1) is 20.4. The molecular weight excluding hydrogens is 342 g/mol. The highest BCUT2D eigenvalue weighted by molar-refractivity contribution is 5.35. The Morgan fingerprint density at radius 2 is 2.00 bits per heavy atom. The lowest BCUT2D eigenvalue weighted by molar-refractivity contribution is -0.00616. The molecular formula is C26H41NO. The van der Waals surface area contributed by atoms with Gasteiger partial charge in [-0.05, 0) is 101 Å². The Balaban J connectivity index is 1.42. The second kappa shape index (κ2) is 8.88. The number of hydrogen-bond acceptors (Lipinski definition) is 2. The van der Waals surface area contributed by atoms with E-state index in [0.717, 1.165) is 31.6 Å². The molecule has 0 bridgehead atoms. The number of ether oxygens (including phenoxy) is 1. The lowest BCUT2D eigenvalue weighted by Crippen LogP contribution is -2.45. The molecule has 28 heavy (non-hydrogen) atoms. The molecule has 4 atom stereocenters. The quantitative estimate of drug-likeness (QED) is 0.565. The summed E-state index contributed by atoms with van der Waals surface area (Å²) in [5.74, 6) is 1.72. The minimum absolute atomic E-state index is 0.529. The van der Waals surface area contributed by atoms with Crippen LogP contribution >= 0.6 is 0 Å². The van der Waals surface area contributed by atoms with Gasteiger partial charge in [-0.15, -0.1) is 0 Å². The molecule has 0 spiro atoms. The zero-order valence-corrected chi connectivity index (χ0v) is 18.3. The largest absolute Gasteiger partial charge is 0.379 e. The van der Waals surface area contributed by atoms with E-state index in [4.69, 9.17) is 4.74 Å². The van der Waals surface area contributed by atoms with Crippen LogP contribution in [-0.4, -0.2) is 37.2 Å². The van der Waals surface area contributed by atoms with Crippen LogP contribution in [0, 0.1) is 17.3 Å². The summed E-state index contributed by atoms with van der Waals surface area (Å²) in [4.78, 5) is 2.67. The lowest BCUT2D eigenvalue weighted by atomic mass is 9.63. The van der Waals surface area contributed by atoms with Gasteiger partial charge in [-0.3, -0.25) is 4.90 Å². The van der Waals surface area contributed by atoms with Gasteiger partial charge < -0.3 is 4.74 Å². The molecule has 0 N–H and O–H groups in total. The summed E-state index contributed by atoms with van der Waals surface area (Å²) in [5.41, 5.74) is 5.20. The molecule has 2 nitrogen and oxygen atoms in total. The van der Waals surface area contributed by atoms with Crippen molar-refractivity contribution in [2.24, 2.45) is 17.3 Å². The molecule has 4 aliphatic rings. The van der Waals surface area contributed by atoms with Crippen molar-refractivity contribution in [1.29, 1.82) is 0 Å². The Labute approximate surface area is 173 Å². The maximum absolute atomic E-state index is 5.63. The molecule has 0 radical (unpaired) electrons. The van der Waals surface area contributed by atoms with Crippen LogP contribution in [0.25, 0.3) is 0 Å². The number of allylic oxidation sites excluding steroid dienone is 5. The van der Waals surface area contributed by atoms with Crippen LogP contribution < -0.4 is 0 Å². The molecule has 1 aliphatic heterocycles. The molecule has 0 aromatic rings. The minimum atomic E-state index is 0.529. The van der Waals surface area contributed by atoms with Crippen molar-refractivity contribution in [2.75, 3.05) is 26.3 Å². The van der Waals surface area contributed by atoms with Crippen molar-refractivity contribution in [3.63, 3.8) is 0 Å². The smallest absolute Gasteiger partial charge is 0.0619 e. The number of rotatable bonds is 4. The van der Waals surface area contributed by atoms with E-state index >= 15 is 0 Å². The van der Waals surface area contributed by atoms with Crippen LogP contribution in [0.3, 0.4) is 0 Å². The normalized spacial score (nSPS) is 40.2. The molecule has 0 aromatic carbocycles. The zero-order valence-electron chi connectivity index (χ0n) is 18.3. The molecule has 4 rings (SSSR count). The van der Waals surface area contributed by atoms with Gasteiger partial charge in [0.25, 0.3) is 0 Å². The van der Waals surface area contributed by atoms with E-state index in [1.54, 1.807) is 5.57 Å². The van der Waals surface area contributed by atoms with Crippen LogP contribution in [0.2, 0.25) is 0 Å². The summed E-state index contributed by atoms with van der Waals surface area (Å²) in [6.45, 7) is 13.5. The highest BCUT2D eigenvalue weighted by Crippen LogP contribution is 2.58. The second-order valence-electron chi connectivity index (χ2n) is 10.2. The summed E-state index contributed by atoms with van der Waals surface area (Å²) < 4.78 is 5.63. The zero-order chi connectivity index (χ0) is 19.6. The van der Waals surface area contributed by atoms with E-state index in [0.29, 0.717) is 11.5 Å². The van der Waals surface area contributed by atoms with Gasteiger partial charge in [-0.2, -0.15) is 0 Å². The number of hydrogen-bond donors (Lipinski definition) is 0. The standard InChI is InChI=1S/C26H41NO/c1-20-7-4-5-8-22(20)10-11-23-9-6-15-26(3)24(12-13-25(23)26)14-16-27-17-18-28-19-21(27)2/h10-11,21,24-25H,1,4-9,12-19H2,2-3H3/b22-10-,23-11+/t21?,24-,25?,26?/m1/s1. The molecule has 156 valence electrons. The highest BCUT2D eigenvalue weighted by Gasteiger charge is 2.48. The highest BCUT2D eigenvalue weighted by atomic mass is 16.5. The number of fused-ring (bicyclic) bond motifs is 1. The summed E-state index contributed by atoms with van der Waals surface area (Å²) in [6.07, 6.45) is 18.5. The molecule has 0 aromatic heterocycles. The summed E-state index contributed by atoms with van der Waals surface area (Å²) in [7, 11) is 0. The topological polar surface area (TPSA) is 12.5 Å². The van der Waals surface area contributed by atoms with Crippen LogP contribution in [0.1, 0.15) is 78.1 Å². The molecule has 0 amide bonds. The van der Waals surface area contributed by atoms with E-state index in [-0.39, 0.29) is 0 Å². The van der Waals surface area contributed by atoms with Gasteiger partial charge in [0, 0.05) is 12.6 Å². The van der Waals surface area contributed by atoms with Crippen molar-refractivity contribution in [3.8, 4) is 0 Å². The van der Waals surface area contributed by atoms with E-state index in [1.807, 2.05) is 0 Å². The Bertz CT molecular complexity index is 632. The van der Waals surface area contributed by atoms with Crippen LogP contribution in [0.4, 0.5) is 0 Å². The fourth-order valence-electron chi connectivity index (χ4n) is 6.64. The molecule has 1 saturated heterocycles. The van der Waals surface area contributed by atoms with Crippen LogP contribution in [0.15, 0.2) is 35.5 Å². The Kier molecular flexibility index (Phi) is 6.47. The number of nitrogens with zero attached hydrogens (tertiary/aromatic N) is 1. The molecule has 1 heterocycles. The van der Waals surface area contributed by atoms with Crippen molar-refractivity contribution >= 4 is 0 Å². The Hall–Kier alpha value is -0.860. The number of morpholine rings is 1. The van der Waals surface area contributed by atoms with E-state index in [9.17, 15) is 0 Å². The average Bonchev–Trinajstić information content (AvgIpc) is 3.03. The van der Waals surface area contributed by atoms with E-state index in [2.05, 4.69) is 37.5 Å². The van der Waals surface area contributed by atoms with E-state index in [1.165, 1.54) is 81.9 Å². The SMILES string of the molecule is C=C1CCCC/C1=C/C=C1\CCCC2(C)C1CC[C@@H]2CCN1CCOCC1C. The van der Waals surface area contributed by atoms with Crippen molar-refractivity contribution in [3.05, 3.63) is 35.5 Å². The van der Waals surface area contributed by atoms with Gasteiger partial charge in [0.05, 0.1) is 13.2 Å². The van der Waals surface area contributed by atoms with Crippen LogP contribution in [-0.2, 0) is 4.74 Å². The van der Waals surface area contributed by atoms with Gasteiger partial charge in [0.15, 0.2) is 0 Å². The van der Waals surface area contributed by atoms with Gasteiger partial charge >= 0.3 is 0 Å². The second-order valence-corrected chi connectivity index (χ2v) is 10.2. The van der Waals surface area contributed by atoms with E-state index < -0.39 is 0 Å². The predicted octanol–water partition coefficient (Wildman–Crippen LogP) is 6.30. The molecule has 3 saturated carbocycles. The monoisotopic (exact) mass is 383 g/mol. The van der Waals surface area contributed by atoms with Gasteiger partial charge in [-0.1, -0.05) is 36.8 Å². The third-order valence-electron chi connectivity index (χ3n) is 8.56. The summed E-state index contributed by atoms with van der Waals surface area (Å²) >= 11 is 0. The third kappa shape index (κ3) is 4.19. The van der Waals surface area contributed by atoms with Gasteiger partial charge in [0.2, 0.25) is 0 Å². The predicted molar refractivity (Wildman–Crippen MR) is 118 cm³/mol. The van der Waals surface area contributed by atoms with Crippen molar-refractivity contribution < 1.29 is 4.74 Å². The minimum Gasteiger partial charge on any atom is -0.379 e. The average molecular weight is 384 g/mol. The maximum Gasteiger partial charge on any atom is 0.0619 e. The van der Waals surface area contributed by atoms with Gasteiger partial charge in [0.1, 0.15) is 0 Å². The summed E-state index contributed by atoms with van der Waals surface area (Å²) in [5, 5.41) is 0. The Morgan fingerprint density at radius 1 is 1.14 bits per heavy atom. The molecule has 3 unspecified atom stereocenters. The van der Waals surface area contributed by atoms with Crippen molar-refractivity contribution in [1.82, 2.24) is 4.90 Å². The summed E-state index contributed by atoms with van der Waals surface area (Å²) in [6, 6.07) is 0.593. The molecule has 3 aliphatic carbocycles. The van der Waals surface area contributed by atoms with Crippen LogP contribution in [0.5, 0.6) is 0 Å². The molecule has 4 fully saturated rings. The first-order chi connectivity index (χ1) is 13.6. The molecule has 2 heteroatoms. The van der Waals surface area contributed by atoms with Gasteiger partial charge in [-0.25, -0.2) is 0 Å². The fourth-order valence-corrected chi connectivity index (χ4v) is 6.64. The fraction of sp³-hybridized carbons (Fsp3) is 0.769. The Morgan fingerprint density at radius 3 is 2.82 bits per heavy atom. The lowest BCUT2D eigenvalue weighted by Gasteiger charge is -2.43.